The Morgan fingerprint density at radius 1 is 1.35 bits per heavy atom. The smallest absolute Gasteiger partial charge is 0.315 e. The van der Waals surface area contributed by atoms with E-state index in [0.717, 1.165) is 32.5 Å². The largest absolute Gasteiger partial charge is 0.335 e. The van der Waals surface area contributed by atoms with Crippen LogP contribution in [0.4, 0.5) is 4.79 Å². The fourth-order valence-electron chi connectivity index (χ4n) is 2.05. The van der Waals surface area contributed by atoms with Crippen LogP contribution in [-0.4, -0.2) is 48.7 Å². The van der Waals surface area contributed by atoms with E-state index in [-0.39, 0.29) is 11.6 Å². The lowest BCUT2D eigenvalue weighted by molar-refractivity contribution is 0.192. The second kappa shape index (κ2) is 6.21. The Bertz CT molecular complexity index is 241. The molecule has 1 aliphatic rings. The van der Waals surface area contributed by atoms with Crippen LogP contribution in [0, 0.1) is 0 Å². The predicted molar refractivity (Wildman–Crippen MR) is 69.9 cm³/mol. The molecule has 1 aliphatic heterocycles. The molecule has 17 heavy (non-hydrogen) atoms. The number of rotatable bonds is 3. The maximum absolute atomic E-state index is 11.7. The van der Waals surface area contributed by atoms with Gasteiger partial charge in [0, 0.05) is 37.8 Å². The third-order valence-corrected chi connectivity index (χ3v) is 2.86. The van der Waals surface area contributed by atoms with Gasteiger partial charge < -0.3 is 21.3 Å². The molecule has 0 aromatic heterocycles. The van der Waals surface area contributed by atoms with Crippen molar-refractivity contribution in [2.75, 3.05) is 26.2 Å². The first-order valence-electron chi connectivity index (χ1n) is 6.42. The van der Waals surface area contributed by atoms with Gasteiger partial charge in [-0.25, -0.2) is 4.79 Å². The Morgan fingerprint density at radius 2 is 1.94 bits per heavy atom. The summed E-state index contributed by atoms with van der Waals surface area (Å²) in [6, 6.07) is 0.237. The van der Waals surface area contributed by atoms with Crippen molar-refractivity contribution in [3.05, 3.63) is 0 Å². The van der Waals surface area contributed by atoms with Crippen molar-refractivity contribution < 1.29 is 4.79 Å². The lowest BCUT2D eigenvalue weighted by atomic mass is 10.1. The first kappa shape index (κ1) is 14.3. The Balaban J connectivity index is 2.24. The lowest BCUT2D eigenvalue weighted by Gasteiger charge is -2.32. The quantitative estimate of drug-likeness (QED) is 0.675. The summed E-state index contributed by atoms with van der Waals surface area (Å²) in [6.07, 6.45) is 2.02. The normalized spacial score (nSPS) is 19.1. The van der Waals surface area contributed by atoms with Crippen LogP contribution in [0.3, 0.4) is 0 Å². The van der Waals surface area contributed by atoms with Crippen LogP contribution in [0.2, 0.25) is 0 Å². The molecule has 1 heterocycles. The summed E-state index contributed by atoms with van der Waals surface area (Å²) < 4.78 is 0. The van der Waals surface area contributed by atoms with Gasteiger partial charge in [0.05, 0.1) is 0 Å². The number of likely N-dealkylation sites (tertiary alicyclic amines) is 1. The highest BCUT2D eigenvalue weighted by molar-refractivity contribution is 5.74. The van der Waals surface area contributed by atoms with E-state index in [1.165, 1.54) is 0 Å². The van der Waals surface area contributed by atoms with Gasteiger partial charge in [-0.2, -0.15) is 0 Å². The molecule has 100 valence electrons. The van der Waals surface area contributed by atoms with Gasteiger partial charge in [-0.05, 0) is 33.6 Å². The van der Waals surface area contributed by atoms with E-state index >= 15 is 0 Å². The second-order valence-corrected chi connectivity index (χ2v) is 5.75. The highest BCUT2D eigenvalue weighted by Gasteiger charge is 2.21. The standard InChI is InChI=1S/C12H26N4O/c1-12(2,3)15-11(17)14-10-4-7-16(8-5-10)9-6-13/h10H,4-9,13H2,1-3H3,(H2,14,15,17). The molecule has 0 spiro atoms. The highest BCUT2D eigenvalue weighted by atomic mass is 16.2. The molecule has 0 bridgehead atoms. The average Bonchev–Trinajstić information content (AvgIpc) is 2.18. The molecule has 0 aromatic carbocycles. The molecule has 2 amide bonds. The van der Waals surface area contributed by atoms with Gasteiger partial charge in [0.1, 0.15) is 0 Å². The molecular weight excluding hydrogens is 216 g/mol. The van der Waals surface area contributed by atoms with Gasteiger partial charge in [-0.15, -0.1) is 0 Å². The Morgan fingerprint density at radius 3 is 2.41 bits per heavy atom. The predicted octanol–water partition coefficient (Wildman–Crippen LogP) is 0.507. The third-order valence-electron chi connectivity index (χ3n) is 2.86. The molecule has 5 nitrogen and oxygen atoms in total. The maximum Gasteiger partial charge on any atom is 0.315 e. The molecule has 0 aliphatic carbocycles. The second-order valence-electron chi connectivity index (χ2n) is 5.75. The van der Waals surface area contributed by atoms with Crippen molar-refractivity contribution >= 4 is 6.03 Å². The zero-order valence-corrected chi connectivity index (χ0v) is 11.3. The minimum absolute atomic E-state index is 0.0604. The lowest BCUT2D eigenvalue weighted by Crippen LogP contribution is -2.52. The SMILES string of the molecule is CC(C)(C)NC(=O)NC1CCN(CCN)CC1. The molecule has 0 unspecified atom stereocenters. The van der Waals surface area contributed by atoms with E-state index < -0.39 is 0 Å². The fourth-order valence-corrected chi connectivity index (χ4v) is 2.05. The maximum atomic E-state index is 11.7. The van der Waals surface area contributed by atoms with Crippen LogP contribution in [-0.2, 0) is 0 Å². The molecule has 1 saturated heterocycles. The van der Waals surface area contributed by atoms with Crippen molar-refractivity contribution in [1.29, 1.82) is 0 Å². The van der Waals surface area contributed by atoms with Crippen LogP contribution in [0.15, 0.2) is 0 Å². The molecule has 0 aromatic rings. The summed E-state index contributed by atoms with van der Waals surface area (Å²) in [6.45, 7) is 9.67. The fraction of sp³-hybridized carbons (Fsp3) is 0.917. The van der Waals surface area contributed by atoms with Gasteiger partial charge in [0.25, 0.3) is 0 Å². The average molecular weight is 242 g/mol. The van der Waals surface area contributed by atoms with Crippen molar-refractivity contribution in [3.8, 4) is 0 Å². The van der Waals surface area contributed by atoms with Gasteiger partial charge >= 0.3 is 6.03 Å². The molecule has 4 N–H and O–H groups in total. The topological polar surface area (TPSA) is 70.4 Å². The third kappa shape index (κ3) is 5.89. The molecule has 5 heteroatoms. The van der Waals surface area contributed by atoms with Gasteiger partial charge in [0.15, 0.2) is 0 Å². The van der Waals surface area contributed by atoms with Gasteiger partial charge in [-0.3, -0.25) is 0 Å². The number of nitrogens with one attached hydrogen (secondary N) is 2. The van der Waals surface area contributed by atoms with Gasteiger partial charge in [-0.1, -0.05) is 0 Å². The minimum Gasteiger partial charge on any atom is -0.335 e. The van der Waals surface area contributed by atoms with E-state index in [9.17, 15) is 4.79 Å². The van der Waals surface area contributed by atoms with Crippen molar-refractivity contribution in [2.24, 2.45) is 5.73 Å². The summed E-state index contributed by atoms with van der Waals surface area (Å²) in [4.78, 5) is 14.0. The molecule has 0 saturated carbocycles. The zero-order valence-electron chi connectivity index (χ0n) is 11.3. The number of carbonyl (C=O) groups excluding carboxylic acids is 1. The van der Waals surface area contributed by atoms with Crippen molar-refractivity contribution in [2.45, 2.75) is 45.2 Å². The van der Waals surface area contributed by atoms with Crippen molar-refractivity contribution in [1.82, 2.24) is 15.5 Å². The van der Waals surface area contributed by atoms with E-state index in [4.69, 9.17) is 5.73 Å². The highest BCUT2D eigenvalue weighted by Crippen LogP contribution is 2.09. The number of piperidine rings is 1. The van der Waals surface area contributed by atoms with Crippen LogP contribution < -0.4 is 16.4 Å². The van der Waals surface area contributed by atoms with Gasteiger partial charge in [0.2, 0.25) is 0 Å². The summed E-state index contributed by atoms with van der Waals surface area (Å²) in [5, 5.41) is 5.95. The van der Waals surface area contributed by atoms with E-state index in [2.05, 4.69) is 15.5 Å². The molecule has 0 radical (unpaired) electrons. The summed E-state index contributed by atoms with van der Waals surface area (Å²) in [5.41, 5.74) is 5.35. The summed E-state index contributed by atoms with van der Waals surface area (Å²) in [7, 11) is 0. The van der Waals surface area contributed by atoms with Crippen molar-refractivity contribution in [3.63, 3.8) is 0 Å². The molecule has 0 atom stereocenters. The first-order valence-corrected chi connectivity index (χ1v) is 6.42. The number of hydrogen-bond donors (Lipinski definition) is 3. The van der Waals surface area contributed by atoms with Crippen LogP contribution >= 0.6 is 0 Å². The zero-order chi connectivity index (χ0) is 12.9. The number of urea groups is 1. The van der Waals surface area contributed by atoms with E-state index in [1.54, 1.807) is 0 Å². The monoisotopic (exact) mass is 242 g/mol. The molecule has 1 fully saturated rings. The minimum atomic E-state index is -0.176. The number of carbonyl (C=O) groups is 1. The number of nitrogens with zero attached hydrogens (tertiary/aromatic N) is 1. The number of amides is 2. The van der Waals surface area contributed by atoms with Crippen LogP contribution in [0.5, 0.6) is 0 Å². The summed E-state index contributed by atoms with van der Waals surface area (Å²) in [5.74, 6) is 0. The summed E-state index contributed by atoms with van der Waals surface area (Å²) >= 11 is 0. The Labute approximate surface area is 104 Å². The van der Waals surface area contributed by atoms with E-state index in [0.29, 0.717) is 12.6 Å². The Hall–Kier alpha value is -0.810. The molecular formula is C12H26N4O. The van der Waals surface area contributed by atoms with Crippen LogP contribution in [0.1, 0.15) is 33.6 Å². The molecule has 1 rings (SSSR count). The van der Waals surface area contributed by atoms with E-state index in [1.807, 2.05) is 20.8 Å². The number of nitrogens with two attached hydrogens (primary N) is 1. The number of hydrogen-bond acceptors (Lipinski definition) is 3. The Kier molecular flexibility index (Phi) is 5.21. The van der Waals surface area contributed by atoms with Crippen LogP contribution in [0.25, 0.3) is 0 Å². The first-order chi connectivity index (χ1) is 7.90.